The molecule has 0 unspecified atom stereocenters. The van der Waals surface area contributed by atoms with Crippen LogP contribution in [0.2, 0.25) is 0 Å². The van der Waals surface area contributed by atoms with E-state index < -0.39 is 0 Å². The highest BCUT2D eigenvalue weighted by Gasteiger charge is 2.12. The molecule has 0 aliphatic heterocycles. The number of anilines is 1. The van der Waals surface area contributed by atoms with Crippen molar-refractivity contribution in [3.8, 4) is 11.3 Å². The number of benzene rings is 2. The molecule has 5 nitrogen and oxygen atoms in total. The van der Waals surface area contributed by atoms with E-state index in [1.54, 1.807) is 0 Å². The Kier molecular flexibility index (Phi) is 4.36. The lowest BCUT2D eigenvalue weighted by Gasteiger charge is -2.10. The molecular weight excluding hydrogens is 372 g/mol. The van der Waals surface area contributed by atoms with Crippen LogP contribution in [0.3, 0.4) is 0 Å². The number of rotatable bonds is 4. The summed E-state index contributed by atoms with van der Waals surface area (Å²) in [6.07, 6.45) is 6.25. The Morgan fingerprint density at radius 2 is 1.97 bits per heavy atom. The second-order valence-electron chi connectivity index (χ2n) is 7.71. The highest BCUT2D eigenvalue weighted by Crippen LogP contribution is 2.26. The second-order valence-corrected chi connectivity index (χ2v) is 7.71. The smallest absolute Gasteiger partial charge is 0.228 e. The van der Waals surface area contributed by atoms with E-state index in [9.17, 15) is 4.79 Å². The number of aryl methyl sites for hydroxylation is 2. The Morgan fingerprint density at radius 3 is 2.87 bits per heavy atom. The molecule has 0 aliphatic rings. The van der Waals surface area contributed by atoms with E-state index in [0.29, 0.717) is 6.42 Å². The van der Waals surface area contributed by atoms with Crippen molar-refractivity contribution < 1.29 is 4.79 Å². The van der Waals surface area contributed by atoms with Gasteiger partial charge in [0.2, 0.25) is 5.91 Å². The predicted octanol–water partition coefficient (Wildman–Crippen LogP) is 5.28. The SMILES string of the molecule is Cc1ccn2cc(-c3ccc(C)c(NC(=O)Cc4c[nH]c5ccccc45)c3)nc2c1. The van der Waals surface area contributed by atoms with Crippen LogP contribution in [0, 0.1) is 13.8 Å². The Morgan fingerprint density at radius 1 is 1.10 bits per heavy atom. The van der Waals surface area contributed by atoms with Gasteiger partial charge in [-0.1, -0.05) is 30.3 Å². The minimum absolute atomic E-state index is 0.0365. The Balaban J connectivity index is 1.41. The minimum atomic E-state index is -0.0365. The van der Waals surface area contributed by atoms with Gasteiger partial charge < -0.3 is 14.7 Å². The van der Waals surface area contributed by atoms with Crippen LogP contribution in [0.15, 0.2) is 73.2 Å². The van der Waals surface area contributed by atoms with Gasteiger partial charge in [-0.05, 0) is 54.8 Å². The molecule has 3 heterocycles. The van der Waals surface area contributed by atoms with E-state index in [1.807, 2.05) is 72.4 Å². The second kappa shape index (κ2) is 7.19. The van der Waals surface area contributed by atoms with Crippen molar-refractivity contribution in [1.82, 2.24) is 14.4 Å². The molecule has 148 valence electrons. The summed E-state index contributed by atoms with van der Waals surface area (Å²) < 4.78 is 2.01. The highest BCUT2D eigenvalue weighted by atomic mass is 16.1. The van der Waals surface area contributed by atoms with Gasteiger partial charge in [0, 0.05) is 40.7 Å². The third kappa shape index (κ3) is 3.35. The first-order chi connectivity index (χ1) is 14.6. The van der Waals surface area contributed by atoms with Crippen LogP contribution in [0.1, 0.15) is 16.7 Å². The zero-order valence-corrected chi connectivity index (χ0v) is 16.9. The maximum absolute atomic E-state index is 12.8. The Bertz CT molecular complexity index is 1390. The number of nitrogens with zero attached hydrogens (tertiary/aromatic N) is 2. The van der Waals surface area contributed by atoms with Crippen molar-refractivity contribution in [3.05, 3.63) is 89.9 Å². The molecule has 0 spiro atoms. The van der Waals surface area contributed by atoms with Gasteiger partial charge in [0.1, 0.15) is 5.65 Å². The number of hydrogen-bond acceptors (Lipinski definition) is 2. The zero-order valence-electron chi connectivity index (χ0n) is 16.9. The zero-order chi connectivity index (χ0) is 20.7. The van der Waals surface area contributed by atoms with E-state index in [2.05, 4.69) is 29.4 Å². The first-order valence-corrected chi connectivity index (χ1v) is 9.98. The highest BCUT2D eigenvalue weighted by molar-refractivity contribution is 5.96. The number of carbonyl (C=O) groups is 1. The summed E-state index contributed by atoms with van der Waals surface area (Å²) in [5.41, 5.74) is 7.81. The minimum Gasteiger partial charge on any atom is -0.361 e. The first kappa shape index (κ1) is 18.2. The molecule has 3 aromatic heterocycles. The van der Waals surface area contributed by atoms with Crippen LogP contribution in [0.4, 0.5) is 5.69 Å². The fourth-order valence-corrected chi connectivity index (χ4v) is 3.78. The number of fused-ring (bicyclic) bond motifs is 2. The van der Waals surface area contributed by atoms with Gasteiger partial charge in [-0.2, -0.15) is 0 Å². The van der Waals surface area contributed by atoms with Gasteiger partial charge in [0.25, 0.3) is 0 Å². The summed E-state index contributed by atoms with van der Waals surface area (Å²) in [5, 5.41) is 4.16. The fourth-order valence-electron chi connectivity index (χ4n) is 3.78. The lowest BCUT2D eigenvalue weighted by molar-refractivity contribution is -0.115. The predicted molar refractivity (Wildman–Crippen MR) is 121 cm³/mol. The lowest BCUT2D eigenvalue weighted by Crippen LogP contribution is -2.15. The van der Waals surface area contributed by atoms with E-state index >= 15 is 0 Å². The molecule has 1 amide bonds. The van der Waals surface area contributed by atoms with E-state index in [1.165, 1.54) is 5.56 Å². The van der Waals surface area contributed by atoms with Crippen LogP contribution in [-0.2, 0) is 11.2 Å². The molecule has 30 heavy (non-hydrogen) atoms. The molecule has 5 rings (SSSR count). The average Bonchev–Trinajstić information content (AvgIpc) is 3.33. The monoisotopic (exact) mass is 394 g/mol. The maximum atomic E-state index is 12.8. The lowest BCUT2D eigenvalue weighted by atomic mass is 10.1. The third-order valence-electron chi connectivity index (χ3n) is 5.45. The number of hydrogen-bond donors (Lipinski definition) is 2. The van der Waals surface area contributed by atoms with Crippen LogP contribution < -0.4 is 5.32 Å². The Hall–Kier alpha value is -3.86. The molecule has 0 bridgehead atoms. The summed E-state index contributed by atoms with van der Waals surface area (Å²) >= 11 is 0. The largest absolute Gasteiger partial charge is 0.361 e. The van der Waals surface area contributed by atoms with Gasteiger partial charge in [0.15, 0.2) is 0 Å². The Labute approximate surface area is 174 Å². The quantitative estimate of drug-likeness (QED) is 0.436. The summed E-state index contributed by atoms with van der Waals surface area (Å²) in [7, 11) is 0. The summed E-state index contributed by atoms with van der Waals surface area (Å²) in [6.45, 7) is 4.06. The van der Waals surface area contributed by atoms with Crippen molar-refractivity contribution in [2.45, 2.75) is 20.3 Å². The maximum Gasteiger partial charge on any atom is 0.228 e. The van der Waals surface area contributed by atoms with Crippen molar-refractivity contribution in [2.75, 3.05) is 5.32 Å². The molecule has 2 aromatic carbocycles. The molecule has 0 radical (unpaired) electrons. The number of nitrogens with one attached hydrogen (secondary N) is 2. The molecule has 0 fully saturated rings. The number of aromatic nitrogens is 3. The molecule has 5 heteroatoms. The van der Waals surface area contributed by atoms with Crippen molar-refractivity contribution in [3.63, 3.8) is 0 Å². The molecule has 0 saturated heterocycles. The number of para-hydroxylation sites is 1. The molecule has 2 N–H and O–H groups in total. The van der Waals surface area contributed by atoms with Gasteiger partial charge in [-0.3, -0.25) is 4.79 Å². The van der Waals surface area contributed by atoms with Crippen LogP contribution >= 0.6 is 0 Å². The topological polar surface area (TPSA) is 62.2 Å². The summed E-state index contributed by atoms with van der Waals surface area (Å²) in [5.74, 6) is -0.0365. The van der Waals surface area contributed by atoms with E-state index in [4.69, 9.17) is 4.98 Å². The van der Waals surface area contributed by atoms with Crippen molar-refractivity contribution in [1.29, 1.82) is 0 Å². The van der Waals surface area contributed by atoms with Crippen LogP contribution in [0.5, 0.6) is 0 Å². The number of imidazole rings is 1. The first-order valence-electron chi connectivity index (χ1n) is 9.98. The summed E-state index contributed by atoms with van der Waals surface area (Å²) in [6, 6.07) is 18.2. The number of carbonyl (C=O) groups excluding carboxylic acids is 1. The van der Waals surface area contributed by atoms with Gasteiger partial charge >= 0.3 is 0 Å². The van der Waals surface area contributed by atoms with Crippen LogP contribution in [0.25, 0.3) is 27.8 Å². The number of H-pyrrole nitrogens is 1. The van der Waals surface area contributed by atoms with Gasteiger partial charge in [-0.15, -0.1) is 0 Å². The third-order valence-corrected chi connectivity index (χ3v) is 5.45. The molecule has 5 aromatic rings. The van der Waals surface area contributed by atoms with Gasteiger partial charge in [-0.25, -0.2) is 4.98 Å². The van der Waals surface area contributed by atoms with Crippen molar-refractivity contribution >= 4 is 28.1 Å². The van der Waals surface area contributed by atoms with E-state index in [-0.39, 0.29) is 5.91 Å². The number of pyridine rings is 1. The summed E-state index contributed by atoms with van der Waals surface area (Å²) in [4.78, 5) is 20.7. The van der Waals surface area contributed by atoms with Gasteiger partial charge in [0.05, 0.1) is 12.1 Å². The van der Waals surface area contributed by atoms with Crippen LogP contribution in [-0.4, -0.2) is 20.3 Å². The van der Waals surface area contributed by atoms with Crippen molar-refractivity contribution in [2.24, 2.45) is 0 Å². The molecule has 0 atom stereocenters. The standard InChI is InChI=1S/C25H22N4O/c1-16-9-10-29-15-23(27-24(29)11-16)18-8-7-17(2)22(12-18)28-25(30)13-19-14-26-21-6-4-3-5-20(19)21/h3-12,14-15,26H,13H2,1-2H3,(H,28,30). The molecule has 0 aliphatic carbocycles. The molecule has 0 saturated carbocycles. The van der Waals surface area contributed by atoms with E-state index in [0.717, 1.165) is 44.6 Å². The average molecular weight is 394 g/mol. The normalized spacial score (nSPS) is 11.3. The number of amides is 1. The molecular formula is C25H22N4O. The number of aromatic amines is 1. The fraction of sp³-hybridized carbons (Fsp3) is 0.120.